The van der Waals surface area contributed by atoms with Crippen molar-refractivity contribution in [3.63, 3.8) is 0 Å². The van der Waals surface area contributed by atoms with Gasteiger partial charge in [0.15, 0.2) is 11.5 Å². The van der Waals surface area contributed by atoms with Crippen molar-refractivity contribution in [1.29, 1.82) is 0 Å². The molecule has 1 aromatic carbocycles. The number of anilines is 1. The quantitative estimate of drug-likeness (QED) is 0.683. The van der Waals surface area contributed by atoms with Crippen molar-refractivity contribution in [1.82, 2.24) is 20.2 Å². The van der Waals surface area contributed by atoms with E-state index in [1.54, 1.807) is 36.9 Å². The highest BCUT2D eigenvalue weighted by atomic mass is 16.6. The number of hydrogen-bond donors (Lipinski definition) is 3. The van der Waals surface area contributed by atoms with E-state index in [1.165, 1.54) is 6.20 Å². The summed E-state index contributed by atoms with van der Waals surface area (Å²) in [5, 5.41) is 12.2. The molecule has 9 heteroatoms. The van der Waals surface area contributed by atoms with E-state index in [2.05, 4.69) is 15.3 Å². The second kappa shape index (κ2) is 9.53. The number of aliphatic hydroxyl groups excluding tert-OH is 1. The van der Waals surface area contributed by atoms with Gasteiger partial charge in [-0.25, -0.2) is 14.8 Å². The maximum atomic E-state index is 12.8. The Kier molecular flexibility index (Phi) is 6.83. The van der Waals surface area contributed by atoms with Gasteiger partial charge in [-0.05, 0) is 38.3 Å². The summed E-state index contributed by atoms with van der Waals surface area (Å²) in [5.41, 5.74) is 7.87. The first-order valence-corrected chi connectivity index (χ1v) is 9.96. The van der Waals surface area contributed by atoms with Crippen molar-refractivity contribution in [2.24, 2.45) is 0 Å². The van der Waals surface area contributed by atoms with Gasteiger partial charge in [-0.15, -0.1) is 0 Å². The largest absolute Gasteiger partial charge is 0.447 e. The van der Waals surface area contributed by atoms with E-state index < -0.39 is 5.91 Å². The number of aromatic nitrogens is 2. The average molecular weight is 413 g/mol. The van der Waals surface area contributed by atoms with Crippen LogP contribution < -0.4 is 11.1 Å². The average Bonchev–Trinajstić information content (AvgIpc) is 2.73. The number of likely N-dealkylation sites (tertiary alicyclic amines) is 1. The molecular formula is C21H27N5O4. The summed E-state index contributed by atoms with van der Waals surface area (Å²) in [5.74, 6) is -0.411. The van der Waals surface area contributed by atoms with Crippen LogP contribution in [-0.2, 0) is 11.3 Å². The third-order valence-corrected chi connectivity index (χ3v) is 4.77. The highest BCUT2D eigenvalue weighted by molar-refractivity contribution is 5.97. The molecule has 160 valence electrons. The number of piperidine rings is 1. The third kappa shape index (κ3) is 5.24. The minimum atomic E-state index is -0.441. The molecule has 4 N–H and O–H groups in total. The van der Waals surface area contributed by atoms with Gasteiger partial charge >= 0.3 is 6.09 Å². The molecule has 2 aromatic rings. The Balaban J connectivity index is 1.72. The number of carbonyl (C=O) groups excluding carboxylic acids is 2. The number of hydrogen-bond acceptors (Lipinski definition) is 7. The molecule has 0 bridgehead atoms. The van der Waals surface area contributed by atoms with E-state index in [-0.39, 0.29) is 36.4 Å². The molecule has 1 aliphatic heterocycles. The zero-order chi connectivity index (χ0) is 21.7. The Bertz CT molecular complexity index is 918. The summed E-state index contributed by atoms with van der Waals surface area (Å²) in [6, 6.07) is 6.96. The summed E-state index contributed by atoms with van der Waals surface area (Å²) in [6.07, 6.45) is 2.41. The van der Waals surface area contributed by atoms with Crippen LogP contribution in [0, 0.1) is 0 Å². The fourth-order valence-electron chi connectivity index (χ4n) is 3.32. The van der Waals surface area contributed by atoms with Crippen molar-refractivity contribution >= 4 is 17.8 Å². The van der Waals surface area contributed by atoms with Gasteiger partial charge in [0.1, 0.15) is 0 Å². The first-order valence-electron chi connectivity index (χ1n) is 9.96. The van der Waals surface area contributed by atoms with Crippen LogP contribution in [0.5, 0.6) is 0 Å². The van der Waals surface area contributed by atoms with Crippen LogP contribution in [-0.4, -0.2) is 57.2 Å². The van der Waals surface area contributed by atoms with E-state index in [1.807, 2.05) is 6.07 Å². The topological polar surface area (TPSA) is 131 Å². The lowest BCUT2D eigenvalue weighted by molar-refractivity contribution is 0.0636. The number of nitrogen functional groups attached to an aromatic ring is 1. The Labute approximate surface area is 175 Å². The number of rotatable bonds is 5. The van der Waals surface area contributed by atoms with Crippen molar-refractivity contribution < 1.29 is 19.4 Å². The lowest BCUT2D eigenvalue weighted by atomic mass is 10.1. The van der Waals surface area contributed by atoms with E-state index in [0.717, 1.165) is 24.0 Å². The normalized spacial score (nSPS) is 16.4. The van der Waals surface area contributed by atoms with Gasteiger partial charge in [0.05, 0.1) is 24.6 Å². The Morgan fingerprint density at radius 3 is 2.93 bits per heavy atom. The third-order valence-electron chi connectivity index (χ3n) is 4.77. The Morgan fingerprint density at radius 2 is 2.20 bits per heavy atom. The molecule has 3 rings (SSSR count). The molecule has 2 amide bonds. The molecule has 1 aromatic heterocycles. The number of nitrogens with zero attached hydrogens (tertiary/aromatic N) is 3. The number of carbonyl (C=O) groups is 2. The van der Waals surface area contributed by atoms with Gasteiger partial charge < -0.3 is 25.8 Å². The summed E-state index contributed by atoms with van der Waals surface area (Å²) in [6.45, 7) is 4.46. The van der Waals surface area contributed by atoms with Crippen LogP contribution in [0.4, 0.5) is 10.6 Å². The number of benzene rings is 1. The number of nitrogens with two attached hydrogens (primary N) is 1. The van der Waals surface area contributed by atoms with Crippen LogP contribution in [0.1, 0.15) is 42.7 Å². The van der Waals surface area contributed by atoms with Crippen LogP contribution in [0.25, 0.3) is 11.3 Å². The van der Waals surface area contributed by atoms with E-state index in [9.17, 15) is 14.7 Å². The molecule has 1 atom stereocenters. The summed E-state index contributed by atoms with van der Waals surface area (Å²) >= 11 is 0. The van der Waals surface area contributed by atoms with Crippen molar-refractivity contribution in [3.05, 3.63) is 41.7 Å². The smallest absolute Gasteiger partial charge is 0.410 e. The predicted octanol–water partition coefficient (Wildman–Crippen LogP) is 1.96. The van der Waals surface area contributed by atoms with E-state index in [0.29, 0.717) is 18.8 Å². The zero-order valence-corrected chi connectivity index (χ0v) is 17.2. The maximum Gasteiger partial charge on any atom is 0.410 e. The summed E-state index contributed by atoms with van der Waals surface area (Å²) < 4.78 is 5.24. The first kappa shape index (κ1) is 21.5. The number of aliphatic hydroxyl groups is 1. The lowest BCUT2D eigenvalue weighted by Gasteiger charge is -2.32. The van der Waals surface area contributed by atoms with Crippen molar-refractivity contribution in [3.8, 4) is 11.3 Å². The number of nitrogens with one attached hydrogen (secondary N) is 1. The van der Waals surface area contributed by atoms with Gasteiger partial charge in [0, 0.05) is 24.7 Å². The molecule has 1 aliphatic rings. The molecule has 2 heterocycles. The predicted molar refractivity (Wildman–Crippen MR) is 111 cm³/mol. The van der Waals surface area contributed by atoms with Crippen LogP contribution in [0.2, 0.25) is 0 Å². The molecule has 0 unspecified atom stereocenters. The van der Waals surface area contributed by atoms with E-state index in [4.69, 9.17) is 10.5 Å². The van der Waals surface area contributed by atoms with Gasteiger partial charge in [-0.1, -0.05) is 18.2 Å². The van der Waals surface area contributed by atoms with E-state index >= 15 is 0 Å². The molecule has 1 saturated heterocycles. The zero-order valence-electron chi connectivity index (χ0n) is 17.2. The van der Waals surface area contributed by atoms with Crippen LogP contribution in [0.3, 0.4) is 0 Å². The fourth-order valence-corrected chi connectivity index (χ4v) is 3.32. The second-order valence-electron chi connectivity index (χ2n) is 7.54. The second-order valence-corrected chi connectivity index (χ2v) is 7.54. The standard InChI is InChI=1S/C21H27N5O4/c1-13(2)30-21(29)26-8-4-7-16(11-26)24-20(28)18-19(22)23-10-17(25-18)15-6-3-5-14(9-15)12-27/h3,5-6,9-10,13,16,27H,4,7-8,11-12H2,1-2H3,(H2,22,23)(H,24,28)/t16-/m0/s1. The van der Waals surface area contributed by atoms with Gasteiger partial charge in [0.25, 0.3) is 5.91 Å². The van der Waals surface area contributed by atoms with Gasteiger partial charge in [-0.2, -0.15) is 0 Å². The SMILES string of the molecule is CC(C)OC(=O)N1CCC[C@H](NC(=O)c2nc(-c3cccc(CO)c3)cnc2N)C1. The molecule has 1 fully saturated rings. The Hall–Kier alpha value is -3.20. The van der Waals surface area contributed by atoms with Crippen LogP contribution in [0.15, 0.2) is 30.5 Å². The van der Waals surface area contributed by atoms with Gasteiger partial charge in [-0.3, -0.25) is 4.79 Å². The Morgan fingerprint density at radius 1 is 1.40 bits per heavy atom. The molecule has 9 nitrogen and oxygen atoms in total. The summed E-state index contributed by atoms with van der Waals surface area (Å²) in [4.78, 5) is 35.1. The maximum absolute atomic E-state index is 12.8. The highest BCUT2D eigenvalue weighted by Gasteiger charge is 2.27. The first-order chi connectivity index (χ1) is 14.4. The molecule has 30 heavy (non-hydrogen) atoms. The molecule has 0 saturated carbocycles. The monoisotopic (exact) mass is 413 g/mol. The molecule has 0 radical (unpaired) electrons. The summed E-state index contributed by atoms with van der Waals surface area (Å²) in [7, 11) is 0. The van der Waals surface area contributed by atoms with Crippen molar-refractivity contribution in [2.45, 2.75) is 45.4 Å². The minimum absolute atomic E-state index is 0.0291. The number of ether oxygens (including phenoxy) is 1. The lowest BCUT2D eigenvalue weighted by Crippen LogP contribution is -2.50. The fraction of sp³-hybridized carbons (Fsp3) is 0.429. The molecular weight excluding hydrogens is 386 g/mol. The van der Waals surface area contributed by atoms with Crippen molar-refractivity contribution in [2.75, 3.05) is 18.8 Å². The van der Waals surface area contributed by atoms with Crippen LogP contribution >= 0.6 is 0 Å². The molecule has 0 spiro atoms. The minimum Gasteiger partial charge on any atom is -0.447 e. The van der Waals surface area contributed by atoms with Gasteiger partial charge in [0.2, 0.25) is 0 Å². The highest BCUT2D eigenvalue weighted by Crippen LogP contribution is 2.20. The number of amides is 2. The molecule has 0 aliphatic carbocycles.